The second kappa shape index (κ2) is 6.94. The van der Waals surface area contributed by atoms with E-state index in [0.29, 0.717) is 36.4 Å². The zero-order valence-electron chi connectivity index (χ0n) is 14.5. The first-order chi connectivity index (χ1) is 11.6. The standard InChI is InChI=1S/C18H26O6S.Na.H/c1-17-8-6-13-12-7-9-18(20,24-25(21,22)23)10-11(12)2-3-14(13)15(17)4-5-16(17)19;;/h13-15,20H,2-10H2,1H3,(H,21,22,23);;/t13-,14-,15?,17-,18+;;/m0../s1. The molecule has 0 bridgehead atoms. The predicted molar refractivity (Wildman–Crippen MR) is 96.9 cm³/mol. The van der Waals surface area contributed by atoms with Gasteiger partial charge in [0, 0.05) is 24.7 Å². The Kier molecular flexibility index (Phi) is 5.59. The Hall–Kier alpha value is 0.240. The monoisotopic (exact) mass is 394 g/mol. The number of allylic oxidation sites excluding steroid dienone is 1. The van der Waals surface area contributed by atoms with Gasteiger partial charge in [0.25, 0.3) is 0 Å². The summed E-state index contributed by atoms with van der Waals surface area (Å²) >= 11 is 0. The molecule has 4 rings (SSSR count). The van der Waals surface area contributed by atoms with Gasteiger partial charge in [-0.2, -0.15) is 8.42 Å². The Bertz CT molecular complexity index is 747. The first-order valence-corrected chi connectivity index (χ1v) is 10.6. The fraction of sp³-hybridized carbons (Fsp3) is 0.833. The Morgan fingerprint density at radius 1 is 1.12 bits per heavy atom. The SMILES string of the molecule is C[C@]12CC[C@H]3C4=C(CC[C@@H]3C1CCC2=O)C[C@](O)(OS(=O)(=O)O)CC4.[NaH]. The number of rotatable bonds is 2. The Labute approximate surface area is 177 Å². The number of fused-ring (bicyclic) bond motifs is 4. The van der Waals surface area contributed by atoms with Crippen molar-refractivity contribution in [2.24, 2.45) is 23.2 Å². The van der Waals surface area contributed by atoms with Crippen molar-refractivity contribution in [2.45, 2.75) is 70.5 Å². The average Bonchev–Trinajstić information content (AvgIpc) is 2.80. The van der Waals surface area contributed by atoms with E-state index in [-0.39, 0.29) is 47.8 Å². The van der Waals surface area contributed by atoms with Gasteiger partial charge in [-0.3, -0.25) is 9.35 Å². The van der Waals surface area contributed by atoms with Crippen LogP contribution >= 0.6 is 0 Å². The summed E-state index contributed by atoms with van der Waals surface area (Å²) in [5, 5.41) is 10.4. The molecule has 0 aromatic heterocycles. The summed E-state index contributed by atoms with van der Waals surface area (Å²) in [6.07, 6.45) is 6.35. The topological polar surface area (TPSA) is 101 Å². The molecule has 26 heavy (non-hydrogen) atoms. The molecule has 0 saturated heterocycles. The Morgan fingerprint density at radius 3 is 2.54 bits per heavy atom. The van der Waals surface area contributed by atoms with Crippen LogP contribution in [0.1, 0.15) is 64.7 Å². The second-order valence-electron chi connectivity index (χ2n) is 8.60. The first kappa shape index (κ1) is 21.0. The molecule has 5 atom stereocenters. The molecule has 0 amide bonds. The summed E-state index contributed by atoms with van der Waals surface area (Å²) in [5.74, 6) is 0.0322. The molecule has 0 aliphatic heterocycles. The van der Waals surface area contributed by atoms with Gasteiger partial charge >= 0.3 is 40.0 Å². The van der Waals surface area contributed by atoms with Crippen molar-refractivity contribution in [3.05, 3.63) is 11.1 Å². The molecule has 8 heteroatoms. The molecular formula is C18H27NaO6S. The van der Waals surface area contributed by atoms with E-state index in [9.17, 15) is 18.3 Å². The van der Waals surface area contributed by atoms with Crippen molar-refractivity contribution in [3.8, 4) is 0 Å². The average molecular weight is 394 g/mol. The van der Waals surface area contributed by atoms with Crippen LogP contribution in [0.2, 0.25) is 0 Å². The second-order valence-corrected chi connectivity index (χ2v) is 9.62. The molecular weight excluding hydrogens is 367 g/mol. The van der Waals surface area contributed by atoms with Gasteiger partial charge in [-0.15, -0.1) is 0 Å². The van der Waals surface area contributed by atoms with Gasteiger partial charge in [0.2, 0.25) is 0 Å². The van der Waals surface area contributed by atoms with Gasteiger partial charge in [-0.25, -0.2) is 4.18 Å². The van der Waals surface area contributed by atoms with Crippen molar-refractivity contribution >= 4 is 45.7 Å². The van der Waals surface area contributed by atoms with Crippen LogP contribution in [0.15, 0.2) is 11.1 Å². The summed E-state index contributed by atoms with van der Waals surface area (Å²) in [4.78, 5) is 12.4. The van der Waals surface area contributed by atoms with E-state index in [0.717, 1.165) is 37.7 Å². The van der Waals surface area contributed by atoms with Crippen molar-refractivity contribution in [1.29, 1.82) is 0 Å². The van der Waals surface area contributed by atoms with Gasteiger partial charge in [0.05, 0.1) is 0 Å². The maximum atomic E-state index is 12.4. The van der Waals surface area contributed by atoms with Crippen LogP contribution in [0, 0.1) is 23.2 Å². The zero-order valence-corrected chi connectivity index (χ0v) is 15.3. The van der Waals surface area contributed by atoms with E-state index in [1.54, 1.807) is 0 Å². The zero-order chi connectivity index (χ0) is 18.0. The quantitative estimate of drug-likeness (QED) is 0.322. The number of ketones is 1. The third-order valence-electron chi connectivity index (χ3n) is 7.36. The number of hydrogen-bond acceptors (Lipinski definition) is 5. The minimum atomic E-state index is -4.68. The van der Waals surface area contributed by atoms with Crippen LogP contribution in [0.25, 0.3) is 0 Å². The Balaban J connectivity index is 0.00000196. The van der Waals surface area contributed by atoms with Gasteiger partial charge in [-0.05, 0) is 56.3 Å². The fourth-order valence-corrected chi connectivity index (χ4v) is 6.77. The maximum absolute atomic E-state index is 12.4. The van der Waals surface area contributed by atoms with Crippen LogP contribution in [0.3, 0.4) is 0 Å². The third kappa shape index (κ3) is 3.49. The van der Waals surface area contributed by atoms with E-state index < -0.39 is 16.2 Å². The van der Waals surface area contributed by atoms with Crippen LogP contribution < -0.4 is 0 Å². The van der Waals surface area contributed by atoms with Crippen LogP contribution in [-0.2, 0) is 19.4 Å². The van der Waals surface area contributed by atoms with Crippen LogP contribution in [0.5, 0.6) is 0 Å². The van der Waals surface area contributed by atoms with Gasteiger partial charge in [-0.1, -0.05) is 18.1 Å². The molecule has 0 radical (unpaired) electrons. The summed E-state index contributed by atoms with van der Waals surface area (Å²) in [5.41, 5.74) is 2.29. The molecule has 4 aliphatic carbocycles. The van der Waals surface area contributed by atoms with E-state index >= 15 is 0 Å². The summed E-state index contributed by atoms with van der Waals surface area (Å²) in [6.45, 7) is 2.15. The minimum absolute atomic E-state index is 0. The number of aliphatic hydroxyl groups is 1. The molecule has 0 aromatic rings. The molecule has 142 valence electrons. The molecule has 0 aromatic carbocycles. The normalized spacial score (nSPS) is 42.6. The van der Waals surface area contributed by atoms with Crippen molar-refractivity contribution in [2.75, 3.05) is 0 Å². The summed E-state index contributed by atoms with van der Waals surface area (Å²) in [7, 11) is -4.68. The number of hydrogen-bond donors (Lipinski definition) is 2. The molecule has 4 aliphatic rings. The molecule has 2 fully saturated rings. The van der Waals surface area contributed by atoms with Crippen LogP contribution in [-0.4, -0.2) is 59.2 Å². The first-order valence-electron chi connectivity index (χ1n) is 9.26. The summed E-state index contributed by atoms with van der Waals surface area (Å²) < 4.78 is 35.5. The molecule has 0 spiro atoms. The van der Waals surface area contributed by atoms with Crippen molar-refractivity contribution in [3.63, 3.8) is 0 Å². The van der Waals surface area contributed by atoms with Gasteiger partial charge in [0.1, 0.15) is 5.78 Å². The van der Waals surface area contributed by atoms with E-state index in [1.807, 2.05) is 0 Å². The molecule has 1 unspecified atom stereocenters. The fourth-order valence-electron chi connectivity index (χ4n) is 6.24. The van der Waals surface area contributed by atoms with E-state index in [4.69, 9.17) is 4.55 Å². The number of Topliss-reactive ketones (excluding diaryl/α,β-unsaturated/α-hetero) is 1. The third-order valence-corrected chi connectivity index (χ3v) is 7.88. The van der Waals surface area contributed by atoms with Gasteiger partial charge in [0.15, 0.2) is 5.79 Å². The van der Waals surface area contributed by atoms with Crippen molar-refractivity contribution in [1.82, 2.24) is 0 Å². The number of carbonyl (C=O) groups excluding carboxylic acids is 1. The van der Waals surface area contributed by atoms with Gasteiger partial charge < -0.3 is 5.11 Å². The van der Waals surface area contributed by atoms with Crippen molar-refractivity contribution < 1.29 is 27.1 Å². The molecule has 6 nitrogen and oxygen atoms in total. The van der Waals surface area contributed by atoms with E-state index in [2.05, 4.69) is 11.1 Å². The number of carbonyl (C=O) groups is 1. The molecule has 2 N–H and O–H groups in total. The van der Waals surface area contributed by atoms with Crippen LogP contribution in [0.4, 0.5) is 0 Å². The Morgan fingerprint density at radius 2 is 1.85 bits per heavy atom. The molecule has 2 saturated carbocycles. The summed E-state index contributed by atoms with van der Waals surface area (Å²) in [6, 6.07) is 0. The predicted octanol–water partition coefficient (Wildman–Crippen LogP) is 2.13. The molecule has 0 heterocycles. The van der Waals surface area contributed by atoms with E-state index in [1.165, 1.54) is 5.57 Å².